The first kappa shape index (κ1) is 23.5. The first-order valence-corrected chi connectivity index (χ1v) is 11.2. The van der Waals surface area contributed by atoms with Crippen molar-refractivity contribution in [2.75, 3.05) is 18.5 Å². The number of aliphatic imine (C=N–C) groups is 1. The van der Waals surface area contributed by atoms with Gasteiger partial charge < -0.3 is 19.5 Å². The predicted molar refractivity (Wildman–Crippen MR) is 127 cm³/mol. The number of hydrogen-bond acceptors (Lipinski definition) is 6. The van der Waals surface area contributed by atoms with Crippen LogP contribution in [0.5, 0.6) is 11.5 Å². The van der Waals surface area contributed by atoms with Gasteiger partial charge in [-0.3, -0.25) is 4.79 Å². The van der Waals surface area contributed by atoms with Crippen molar-refractivity contribution in [2.24, 2.45) is 4.99 Å². The largest absolute Gasteiger partial charge is 0.490 e. The highest BCUT2D eigenvalue weighted by molar-refractivity contribution is 9.10. The van der Waals surface area contributed by atoms with E-state index in [1.54, 1.807) is 30.3 Å². The minimum absolute atomic E-state index is 0.160. The maximum atomic E-state index is 12.4. The fourth-order valence-corrected chi connectivity index (χ4v) is 3.56. The van der Waals surface area contributed by atoms with Crippen molar-refractivity contribution < 1.29 is 23.8 Å². The van der Waals surface area contributed by atoms with Crippen LogP contribution in [-0.2, 0) is 14.3 Å². The molecule has 0 fully saturated rings. The molecule has 0 unspecified atom stereocenters. The van der Waals surface area contributed by atoms with Gasteiger partial charge >= 0.3 is 5.97 Å². The molecule has 1 N–H and O–H groups in total. The molecule has 0 atom stereocenters. The maximum Gasteiger partial charge on any atom is 0.363 e. The van der Waals surface area contributed by atoms with Crippen molar-refractivity contribution in [1.29, 1.82) is 0 Å². The van der Waals surface area contributed by atoms with Gasteiger partial charge in [0, 0.05) is 18.2 Å². The molecule has 1 aliphatic rings. The number of benzene rings is 2. The number of unbranched alkanes of at least 4 members (excludes halogenated alkanes) is 1. The lowest BCUT2D eigenvalue weighted by molar-refractivity contribution is -0.129. The lowest BCUT2D eigenvalue weighted by atomic mass is 10.1. The third-order valence-electron chi connectivity index (χ3n) is 4.45. The van der Waals surface area contributed by atoms with E-state index in [2.05, 4.69) is 33.2 Å². The summed E-state index contributed by atoms with van der Waals surface area (Å²) in [5.74, 6) is 0.739. The molecule has 0 saturated carbocycles. The summed E-state index contributed by atoms with van der Waals surface area (Å²) in [6.07, 6.45) is 3.62. The van der Waals surface area contributed by atoms with Crippen molar-refractivity contribution in [1.82, 2.24) is 0 Å². The fourth-order valence-electron chi connectivity index (χ4n) is 2.98. The molecule has 2 aromatic rings. The van der Waals surface area contributed by atoms with E-state index in [9.17, 15) is 9.59 Å². The van der Waals surface area contributed by atoms with Gasteiger partial charge in [-0.05, 0) is 77.3 Å². The van der Waals surface area contributed by atoms with Crippen LogP contribution in [0.25, 0.3) is 6.08 Å². The number of amides is 1. The predicted octanol–water partition coefficient (Wildman–Crippen LogP) is 5.33. The Morgan fingerprint density at radius 2 is 1.94 bits per heavy atom. The number of rotatable bonds is 9. The van der Waals surface area contributed by atoms with Gasteiger partial charge in [-0.1, -0.05) is 13.3 Å². The normalized spacial score (nSPS) is 14.2. The molecule has 2 aromatic carbocycles. The van der Waals surface area contributed by atoms with Crippen molar-refractivity contribution in [2.45, 2.75) is 33.6 Å². The minimum atomic E-state index is -0.539. The van der Waals surface area contributed by atoms with E-state index in [0.717, 1.165) is 22.9 Å². The quantitative estimate of drug-likeness (QED) is 0.285. The first-order chi connectivity index (χ1) is 15.4. The van der Waals surface area contributed by atoms with Crippen LogP contribution in [0.3, 0.4) is 0 Å². The Hall–Kier alpha value is -3.13. The molecule has 168 valence electrons. The molecule has 32 heavy (non-hydrogen) atoms. The van der Waals surface area contributed by atoms with E-state index in [1.807, 2.05) is 19.1 Å². The van der Waals surface area contributed by atoms with Crippen LogP contribution < -0.4 is 14.8 Å². The molecule has 0 aliphatic carbocycles. The molecule has 3 rings (SSSR count). The molecule has 1 heterocycles. The Bertz CT molecular complexity index is 1060. The second-order valence-electron chi connectivity index (χ2n) is 7.06. The third kappa shape index (κ3) is 5.97. The van der Waals surface area contributed by atoms with Crippen LogP contribution in [0, 0.1) is 0 Å². The third-order valence-corrected chi connectivity index (χ3v) is 5.04. The molecule has 0 radical (unpaired) electrons. The summed E-state index contributed by atoms with van der Waals surface area (Å²) in [6.45, 7) is 6.51. The Morgan fingerprint density at radius 3 is 2.59 bits per heavy atom. The average molecular weight is 501 g/mol. The van der Waals surface area contributed by atoms with Crippen LogP contribution >= 0.6 is 15.9 Å². The van der Waals surface area contributed by atoms with E-state index >= 15 is 0 Å². The first-order valence-electron chi connectivity index (χ1n) is 10.4. The number of esters is 1. The van der Waals surface area contributed by atoms with E-state index < -0.39 is 5.97 Å². The van der Waals surface area contributed by atoms with Gasteiger partial charge in [0.1, 0.15) is 0 Å². The minimum Gasteiger partial charge on any atom is -0.490 e. The number of cyclic esters (lactones) is 1. The summed E-state index contributed by atoms with van der Waals surface area (Å²) in [5, 5.41) is 2.69. The zero-order valence-corrected chi connectivity index (χ0v) is 19.8. The molecular weight excluding hydrogens is 476 g/mol. The highest BCUT2D eigenvalue weighted by Crippen LogP contribution is 2.38. The van der Waals surface area contributed by atoms with Gasteiger partial charge in [0.05, 0.1) is 17.7 Å². The second-order valence-corrected chi connectivity index (χ2v) is 7.91. The Balaban J connectivity index is 1.86. The van der Waals surface area contributed by atoms with Crippen molar-refractivity contribution in [3.63, 3.8) is 0 Å². The fraction of sp³-hybridized carbons (Fsp3) is 0.292. The number of ether oxygens (including phenoxy) is 3. The molecule has 0 spiro atoms. The highest BCUT2D eigenvalue weighted by atomic mass is 79.9. The monoisotopic (exact) mass is 500 g/mol. The molecule has 1 amide bonds. The SMILES string of the molecule is CCCCOc1c(Br)cc(/C=C2\N=C(c3ccc(NC(C)=O)cc3)OC2=O)cc1OCC. The number of hydrogen-bond donors (Lipinski definition) is 1. The molecule has 0 bridgehead atoms. The van der Waals surface area contributed by atoms with Gasteiger partial charge in [-0.15, -0.1) is 0 Å². The average Bonchev–Trinajstić information content (AvgIpc) is 3.10. The number of carbonyl (C=O) groups is 2. The summed E-state index contributed by atoms with van der Waals surface area (Å²) in [6, 6.07) is 10.6. The van der Waals surface area contributed by atoms with E-state index in [4.69, 9.17) is 14.2 Å². The summed E-state index contributed by atoms with van der Waals surface area (Å²) in [4.78, 5) is 27.9. The number of nitrogens with zero attached hydrogens (tertiary/aromatic N) is 1. The van der Waals surface area contributed by atoms with E-state index in [1.165, 1.54) is 6.92 Å². The zero-order valence-electron chi connectivity index (χ0n) is 18.2. The standard InChI is InChI=1S/C24H25BrN2O5/c1-4-6-11-31-22-19(25)12-16(14-21(22)30-5-2)13-20-24(29)32-23(27-20)17-7-9-18(10-8-17)26-15(3)28/h7-10,12-14H,4-6,11H2,1-3H3,(H,26,28)/b20-13-. The van der Waals surface area contributed by atoms with Crippen molar-refractivity contribution in [3.05, 3.63) is 57.7 Å². The van der Waals surface area contributed by atoms with Crippen LogP contribution in [0.1, 0.15) is 44.7 Å². The maximum absolute atomic E-state index is 12.4. The number of anilines is 1. The van der Waals surface area contributed by atoms with Crippen molar-refractivity contribution >= 4 is 45.5 Å². The van der Waals surface area contributed by atoms with E-state index in [-0.39, 0.29) is 17.5 Å². The lowest BCUT2D eigenvalue weighted by Gasteiger charge is -2.14. The van der Waals surface area contributed by atoms with Crippen LogP contribution in [0.4, 0.5) is 5.69 Å². The number of halogens is 1. The number of carbonyl (C=O) groups excluding carboxylic acids is 2. The lowest BCUT2D eigenvalue weighted by Crippen LogP contribution is -2.07. The molecule has 0 saturated heterocycles. The second kappa shape index (κ2) is 10.9. The van der Waals surface area contributed by atoms with Gasteiger partial charge in [0.25, 0.3) is 0 Å². The molecule has 7 nitrogen and oxygen atoms in total. The summed E-state index contributed by atoms with van der Waals surface area (Å²) < 4.78 is 17.7. The van der Waals surface area contributed by atoms with Gasteiger partial charge in [-0.2, -0.15) is 0 Å². The smallest absolute Gasteiger partial charge is 0.363 e. The van der Waals surface area contributed by atoms with Crippen LogP contribution in [-0.4, -0.2) is 31.0 Å². The van der Waals surface area contributed by atoms with Crippen LogP contribution in [0.2, 0.25) is 0 Å². The summed E-state index contributed by atoms with van der Waals surface area (Å²) >= 11 is 3.54. The Morgan fingerprint density at radius 1 is 1.19 bits per heavy atom. The topological polar surface area (TPSA) is 86.2 Å². The summed E-state index contributed by atoms with van der Waals surface area (Å²) in [5.41, 5.74) is 2.18. The summed E-state index contributed by atoms with van der Waals surface area (Å²) in [7, 11) is 0. The Labute approximate surface area is 195 Å². The molecule has 8 heteroatoms. The van der Waals surface area contributed by atoms with Gasteiger partial charge in [0.2, 0.25) is 11.8 Å². The van der Waals surface area contributed by atoms with Gasteiger partial charge in [0.15, 0.2) is 17.2 Å². The Kier molecular flexibility index (Phi) is 8.05. The van der Waals surface area contributed by atoms with Crippen LogP contribution in [0.15, 0.2) is 51.6 Å². The molecular formula is C24H25BrN2O5. The molecule has 1 aliphatic heterocycles. The van der Waals surface area contributed by atoms with E-state index in [0.29, 0.717) is 36.0 Å². The molecule has 0 aromatic heterocycles. The van der Waals surface area contributed by atoms with Crippen molar-refractivity contribution in [3.8, 4) is 11.5 Å². The van der Waals surface area contributed by atoms with Gasteiger partial charge in [-0.25, -0.2) is 9.79 Å². The number of nitrogens with one attached hydrogen (secondary N) is 1. The zero-order chi connectivity index (χ0) is 23.1. The highest BCUT2D eigenvalue weighted by Gasteiger charge is 2.24.